The van der Waals surface area contributed by atoms with E-state index in [1.54, 1.807) is 0 Å². The first kappa shape index (κ1) is 15.1. The van der Waals surface area contributed by atoms with Gasteiger partial charge in [0.25, 0.3) is 0 Å². The molecule has 0 amide bonds. The van der Waals surface area contributed by atoms with E-state index in [2.05, 4.69) is 44.3 Å². The Morgan fingerprint density at radius 1 is 1.10 bits per heavy atom. The molecule has 0 saturated carbocycles. The van der Waals surface area contributed by atoms with Gasteiger partial charge in [-0.1, -0.05) is 58.2 Å². The molecule has 0 aliphatic rings. The van der Waals surface area contributed by atoms with Crippen LogP contribution in [0.1, 0.15) is 63.8 Å². The summed E-state index contributed by atoms with van der Waals surface area (Å²) in [5.41, 5.74) is 2.42. The zero-order chi connectivity index (χ0) is 14.4. The molecule has 20 heavy (non-hydrogen) atoms. The topological polar surface area (TPSA) is 25.2 Å². The molecule has 1 atom stereocenters. The minimum absolute atomic E-state index is 0.421. The van der Waals surface area contributed by atoms with Crippen LogP contribution in [0, 0.1) is 0 Å². The lowest BCUT2D eigenvalue weighted by Gasteiger charge is -2.18. The minimum atomic E-state index is 0.421. The van der Waals surface area contributed by atoms with Crippen LogP contribution in [0.4, 0.5) is 0 Å². The van der Waals surface area contributed by atoms with Crippen molar-refractivity contribution in [1.82, 2.24) is 5.32 Å². The number of furan rings is 1. The Hall–Kier alpha value is -1.28. The lowest BCUT2D eigenvalue weighted by atomic mass is 9.96. The highest BCUT2D eigenvalue weighted by Crippen LogP contribution is 2.33. The van der Waals surface area contributed by atoms with Crippen LogP contribution in [-0.2, 0) is 6.42 Å². The summed E-state index contributed by atoms with van der Waals surface area (Å²) in [5, 5.41) is 4.93. The maximum atomic E-state index is 6.04. The average molecular weight is 273 g/mol. The van der Waals surface area contributed by atoms with Gasteiger partial charge in [-0.2, -0.15) is 0 Å². The molecule has 1 N–H and O–H groups in total. The third-order valence-corrected chi connectivity index (χ3v) is 3.93. The van der Waals surface area contributed by atoms with Gasteiger partial charge in [0.1, 0.15) is 11.3 Å². The summed E-state index contributed by atoms with van der Waals surface area (Å²) in [7, 11) is 0. The zero-order valence-electron chi connectivity index (χ0n) is 13.0. The number of hydrogen-bond acceptors (Lipinski definition) is 2. The monoisotopic (exact) mass is 273 g/mol. The summed E-state index contributed by atoms with van der Waals surface area (Å²) in [6, 6.07) is 8.85. The van der Waals surface area contributed by atoms with Crippen LogP contribution < -0.4 is 5.32 Å². The molecule has 0 aliphatic heterocycles. The van der Waals surface area contributed by atoms with E-state index in [4.69, 9.17) is 4.42 Å². The minimum Gasteiger partial charge on any atom is -0.461 e. The molecule has 2 nitrogen and oxygen atoms in total. The zero-order valence-corrected chi connectivity index (χ0v) is 13.0. The summed E-state index contributed by atoms with van der Waals surface area (Å²) in [6.07, 6.45) is 6.00. The van der Waals surface area contributed by atoms with Gasteiger partial charge in [-0.05, 0) is 19.0 Å². The fourth-order valence-electron chi connectivity index (χ4n) is 2.95. The molecule has 1 heterocycles. The highest BCUT2D eigenvalue weighted by atomic mass is 16.3. The fraction of sp³-hybridized carbons (Fsp3) is 0.556. The number of benzene rings is 1. The number of para-hydroxylation sites is 1. The van der Waals surface area contributed by atoms with Crippen molar-refractivity contribution < 1.29 is 4.42 Å². The van der Waals surface area contributed by atoms with Gasteiger partial charge in [0.05, 0.1) is 0 Å². The third-order valence-electron chi connectivity index (χ3n) is 3.93. The van der Waals surface area contributed by atoms with Crippen molar-refractivity contribution in [2.75, 3.05) is 6.54 Å². The molecule has 0 fully saturated rings. The Kier molecular flexibility index (Phi) is 5.66. The van der Waals surface area contributed by atoms with Crippen LogP contribution in [0.2, 0.25) is 0 Å². The Balaban J connectivity index is 2.34. The van der Waals surface area contributed by atoms with Gasteiger partial charge in [-0.3, -0.25) is 0 Å². The maximum absolute atomic E-state index is 6.04. The molecule has 0 bridgehead atoms. The third kappa shape index (κ3) is 3.24. The molecule has 1 unspecified atom stereocenters. The molecular formula is C18H27NO. The number of aryl methyl sites for hydroxylation is 1. The van der Waals surface area contributed by atoms with Gasteiger partial charge in [-0.25, -0.2) is 0 Å². The molecule has 0 aliphatic carbocycles. The Labute approximate surface area is 122 Å². The largest absolute Gasteiger partial charge is 0.461 e. The van der Waals surface area contributed by atoms with Gasteiger partial charge in [0.15, 0.2) is 0 Å². The molecule has 0 spiro atoms. The van der Waals surface area contributed by atoms with Crippen LogP contribution in [0.5, 0.6) is 0 Å². The number of unbranched alkanes of at least 4 members (excludes halogenated alkanes) is 2. The quantitative estimate of drug-likeness (QED) is 0.666. The molecule has 1 aromatic heterocycles. The van der Waals surface area contributed by atoms with Crippen LogP contribution in [0.25, 0.3) is 11.0 Å². The lowest BCUT2D eigenvalue weighted by Crippen LogP contribution is -2.21. The van der Waals surface area contributed by atoms with Gasteiger partial charge >= 0.3 is 0 Å². The van der Waals surface area contributed by atoms with E-state index in [0.717, 1.165) is 24.3 Å². The van der Waals surface area contributed by atoms with Crippen molar-refractivity contribution in [2.45, 2.75) is 58.9 Å². The number of hydrogen-bond donors (Lipinski definition) is 1. The Morgan fingerprint density at radius 3 is 2.60 bits per heavy atom. The van der Waals surface area contributed by atoms with Crippen molar-refractivity contribution in [3.63, 3.8) is 0 Å². The van der Waals surface area contributed by atoms with E-state index < -0.39 is 0 Å². The molecule has 110 valence electrons. The van der Waals surface area contributed by atoms with Crippen LogP contribution in [0.15, 0.2) is 28.7 Å². The summed E-state index contributed by atoms with van der Waals surface area (Å²) in [6.45, 7) is 7.61. The second kappa shape index (κ2) is 7.49. The summed E-state index contributed by atoms with van der Waals surface area (Å²) in [5.74, 6) is 1.15. The molecule has 2 heteroatoms. The predicted octanol–water partition coefficient (Wildman–Crippen LogP) is 5.23. The molecule has 2 aromatic rings. The lowest BCUT2D eigenvalue weighted by molar-refractivity contribution is 0.468. The first-order chi connectivity index (χ1) is 9.81. The van der Waals surface area contributed by atoms with E-state index >= 15 is 0 Å². The van der Waals surface area contributed by atoms with E-state index in [1.807, 2.05) is 6.07 Å². The molecule has 1 aromatic carbocycles. The molecule has 0 radical (unpaired) electrons. The van der Waals surface area contributed by atoms with Gasteiger partial charge in [0.2, 0.25) is 0 Å². The highest BCUT2D eigenvalue weighted by molar-refractivity contribution is 5.82. The fourth-order valence-corrected chi connectivity index (χ4v) is 2.95. The van der Waals surface area contributed by atoms with E-state index in [9.17, 15) is 0 Å². The van der Waals surface area contributed by atoms with Crippen molar-refractivity contribution in [1.29, 1.82) is 0 Å². The average Bonchev–Trinajstić information content (AvgIpc) is 2.85. The summed E-state index contributed by atoms with van der Waals surface area (Å²) in [4.78, 5) is 0. The maximum Gasteiger partial charge on any atom is 0.134 e. The number of fused-ring (bicyclic) bond motifs is 1. The highest BCUT2D eigenvalue weighted by Gasteiger charge is 2.20. The van der Waals surface area contributed by atoms with E-state index in [-0.39, 0.29) is 0 Å². The van der Waals surface area contributed by atoms with Crippen molar-refractivity contribution in [3.8, 4) is 0 Å². The van der Waals surface area contributed by atoms with E-state index in [0.29, 0.717) is 6.04 Å². The number of rotatable bonds is 8. The van der Waals surface area contributed by atoms with Gasteiger partial charge in [0, 0.05) is 23.4 Å². The standard InChI is InChI=1S/C18H27NO/c1-4-7-8-12-15(19-6-3)18-14-11-9-10-13-17(14)20-16(18)5-2/h9-11,13,15,19H,4-8,12H2,1-3H3. The van der Waals surface area contributed by atoms with Crippen molar-refractivity contribution in [2.24, 2.45) is 0 Å². The van der Waals surface area contributed by atoms with Gasteiger partial charge < -0.3 is 9.73 Å². The molecule has 0 saturated heterocycles. The van der Waals surface area contributed by atoms with Crippen molar-refractivity contribution >= 4 is 11.0 Å². The first-order valence-electron chi connectivity index (χ1n) is 8.05. The van der Waals surface area contributed by atoms with E-state index in [1.165, 1.54) is 36.6 Å². The second-order valence-corrected chi connectivity index (χ2v) is 5.39. The Morgan fingerprint density at radius 2 is 1.90 bits per heavy atom. The summed E-state index contributed by atoms with van der Waals surface area (Å²) >= 11 is 0. The van der Waals surface area contributed by atoms with Crippen LogP contribution >= 0.6 is 0 Å². The van der Waals surface area contributed by atoms with Crippen molar-refractivity contribution in [3.05, 3.63) is 35.6 Å². The normalized spacial score (nSPS) is 12.9. The molecule has 2 rings (SSSR count). The number of nitrogens with one attached hydrogen (secondary N) is 1. The molecular weight excluding hydrogens is 246 g/mol. The Bertz CT molecular complexity index is 529. The summed E-state index contributed by atoms with van der Waals surface area (Å²) < 4.78 is 6.04. The first-order valence-corrected chi connectivity index (χ1v) is 8.05. The predicted molar refractivity (Wildman–Crippen MR) is 86.2 cm³/mol. The van der Waals surface area contributed by atoms with Crippen LogP contribution in [0.3, 0.4) is 0 Å². The second-order valence-electron chi connectivity index (χ2n) is 5.39. The van der Waals surface area contributed by atoms with Crippen LogP contribution in [-0.4, -0.2) is 6.54 Å². The van der Waals surface area contributed by atoms with Gasteiger partial charge in [-0.15, -0.1) is 0 Å². The smallest absolute Gasteiger partial charge is 0.134 e. The SMILES string of the molecule is CCCCCC(NCC)c1c(CC)oc2ccccc12.